The Morgan fingerprint density at radius 1 is 0.312 bits per heavy atom. The van der Waals surface area contributed by atoms with Crippen LogP contribution in [0.1, 0.15) is 111 Å². The summed E-state index contributed by atoms with van der Waals surface area (Å²) >= 11 is 0. The molecular weight excluding hydrogens is 973 g/mol. The molecule has 12 rings (SSSR count). The lowest BCUT2D eigenvalue weighted by molar-refractivity contribution is 0.590. The molecule has 80 heavy (non-hydrogen) atoms. The number of nitriles is 1. The summed E-state index contributed by atoms with van der Waals surface area (Å²) < 4.78 is 4.80. The zero-order chi connectivity index (χ0) is 56.0. The second-order valence-corrected chi connectivity index (χ2v) is 25.8. The summed E-state index contributed by atoms with van der Waals surface area (Å²) in [5.41, 5.74) is 18.7. The van der Waals surface area contributed by atoms with Crippen LogP contribution in [0.25, 0.3) is 111 Å². The smallest absolute Gasteiger partial charge is 0.165 e. The third kappa shape index (κ3) is 9.35. The van der Waals surface area contributed by atoms with Crippen molar-refractivity contribution in [1.29, 1.82) is 5.26 Å². The highest BCUT2D eigenvalue weighted by Gasteiger charge is 2.25. The van der Waals surface area contributed by atoms with Gasteiger partial charge in [0.15, 0.2) is 17.5 Å². The fourth-order valence-corrected chi connectivity index (χ4v) is 11.3. The number of aromatic nitrogens is 5. The van der Waals surface area contributed by atoms with E-state index < -0.39 is 0 Å². The Balaban J connectivity index is 1.05. The fourth-order valence-electron chi connectivity index (χ4n) is 11.3. The number of rotatable bonds is 7. The minimum absolute atomic E-state index is 0.00235. The summed E-state index contributed by atoms with van der Waals surface area (Å²) in [5.74, 6) is 1.50. The van der Waals surface area contributed by atoms with Crippen LogP contribution in [0.2, 0.25) is 0 Å². The second kappa shape index (κ2) is 19.2. The predicted molar refractivity (Wildman–Crippen MR) is 335 cm³/mol. The Kier molecular flexibility index (Phi) is 12.4. The van der Waals surface area contributed by atoms with Crippen LogP contribution in [0.15, 0.2) is 194 Å². The van der Waals surface area contributed by atoms with E-state index in [1.54, 1.807) is 0 Å². The number of fused-ring (bicyclic) bond motifs is 6. The molecule has 0 aliphatic heterocycles. The fraction of sp³-hybridized carbons (Fsp3) is 0.216. The molecule has 3 aromatic heterocycles. The highest BCUT2D eigenvalue weighted by Crippen LogP contribution is 2.43. The van der Waals surface area contributed by atoms with Crippen molar-refractivity contribution in [3.05, 3.63) is 222 Å². The Morgan fingerprint density at radius 2 is 0.625 bits per heavy atom. The summed E-state index contributed by atoms with van der Waals surface area (Å²) in [7, 11) is 0. The van der Waals surface area contributed by atoms with Gasteiger partial charge in [-0.1, -0.05) is 192 Å². The molecule has 0 saturated carbocycles. The first-order chi connectivity index (χ1) is 38.1. The van der Waals surface area contributed by atoms with E-state index in [0.717, 1.165) is 44.8 Å². The maximum absolute atomic E-state index is 11.2. The van der Waals surface area contributed by atoms with Crippen LogP contribution in [0.3, 0.4) is 0 Å². The van der Waals surface area contributed by atoms with Crippen LogP contribution in [0.4, 0.5) is 0 Å². The zero-order valence-corrected chi connectivity index (χ0v) is 48.2. The molecule has 0 unspecified atom stereocenters. The molecule has 6 nitrogen and oxygen atoms in total. The Bertz CT molecular complexity index is 4210. The molecule has 0 N–H and O–H groups in total. The maximum Gasteiger partial charge on any atom is 0.165 e. The van der Waals surface area contributed by atoms with Crippen molar-refractivity contribution < 1.29 is 0 Å². The molecule has 0 fully saturated rings. The van der Waals surface area contributed by atoms with Crippen molar-refractivity contribution in [2.75, 3.05) is 0 Å². The summed E-state index contributed by atoms with van der Waals surface area (Å²) in [6.45, 7) is 27.4. The largest absolute Gasteiger partial charge is 0.309 e. The number of nitrogens with zero attached hydrogens (tertiary/aromatic N) is 6. The van der Waals surface area contributed by atoms with Crippen molar-refractivity contribution >= 4 is 43.6 Å². The number of hydrogen-bond acceptors (Lipinski definition) is 4. The summed E-state index contributed by atoms with van der Waals surface area (Å²) in [6, 6.07) is 72.3. The van der Waals surface area contributed by atoms with E-state index in [1.165, 1.54) is 65.9 Å². The van der Waals surface area contributed by atoms with Crippen LogP contribution < -0.4 is 0 Å². The molecule has 0 aliphatic carbocycles. The van der Waals surface area contributed by atoms with Crippen molar-refractivity contribution in [2.24, 2.45) is 0 Å². The third-order valence-corrected chi connectivity index (χ3v) is 16.1. The van der Waals surface area contributed by atoms with Crippen molar-refractivity contribution in [2.45, 2.75) is 105 Å². The van der Waals surface area contributed by atoms with Crippen molar-refractivity contribution in [3.8, 4) is 73.9 Å². The van der Waals surface area contributed by atoms with Gasteiger partial charge < -0.3 is 9.13 Å². The topological polar surface area (TPSA) is 72.3 Å². The van der Waals surface area contributed by atoms with Gasteiger partial charge in [-0.25, -0.2) is 15.0 Å². The first-order valence-corrected chi connectivity index (χ1v) is 28.0. The molecule has 0 radical (unpaired) electrons. The summed E-state index contributed by atoms with van der Waals surface area (Å²) in [6.07, 6.45) is 0. The van der Waals surface area contributed by atoms with Gasteiger partial charge in [0.1, 0.15) is 0 Å². The number of hydrogen-bond donors (Lipinski definition) is 0. The SMILES string of the molecule is CC(C)(C)c1ccc2c(c1)c1cc(C(C)(C)C)ccc1n2-c1ccc(-c2cc(C#N)c(-c3nc(-c4ccccc4)nc(-c4ccccc4)n3)cc2-c2ccc(-n3c4ccc(C(C)(C)C)cc4c4cc(C(C)(C)C)ccc43)cc2)cc1. The lowest BCUT2D eigenvalue weighted by Crippen LogP contribution is -2.10. The van der Waals surface area contributed by atoms with Crippen LogP contribution in [0.5, 0.6) is 0 Å². The second-order valence-electron chi connectivity index (χ2n) is 25.8. The monoisotopic (exact) mass is 1040 g/mol. The molecule has 12 aromatic rings. The van der Waals surface area contributed by atoms with E-state index >= 15 is 0 Å². The molecule has 0 amide bonds. The van der Waals surface area contributed by atoms with Gasteiger partial charge in [-0.15, -0.1) is 0 Å². The Hall–Kier alpha value is -8.92. The molecule has 6 heteroatoms. The number of benzene rings is 9. The highest BCUT2D eigenvalue weighted by molar-refractivity contribution is 6.11. The normalized spacial score (nSPS) is 12.5. The highest BCUT2D eigenvalue weighted by atomic mass is 15.0. The van der Waals surface area contributed by atoms with Crippen LogP contribution in [-0.2, 0) is 21.7 Å². The van der Waals surface area contributed by atoms with E-state index in [-0.39, 0.29) is 21.7 Å². The average Bonchev–Trinajstić information content (AvgIpc) is 3.60. The Morgan fingerprint density at radius 3 is 0.938 bits per heavy atom. The van der Waals surface area contributed by atoms with Crippen molar-refractivity contribution in [3.63, 3.8) is 0 Å². The minimum atomic E-state index is -0.00458. The quantitative estimate of drug-likeness (QED) is 0.159. The van der Waals surface area contributed by atoms with Gasteiger partial charge in [0.25, 0.3) is 0 Å². The summed E-state index contributed by atoms with van der Waals surface area (Å²) in [4.78, 5) is 15.3. The lowest BCUT2D eigenvalue weighted by atomic mass is 9.85. The zero-order valence-electron chi connectivity index (χ0n) is 48.2. The van der Waals surface area contributed by atoms with Gasteiger partial charge in [-0.05, 0) is 151 Å². The van der Waals surface area contributed by atoms with Crippen molar-refractivity contribution in [1.82, 2.24) is 24.1 Å². The van der Waals surface area contributed by atoms with Gasteiger partial charge in [0.2, 0.25) is 0 Å². The molecule has 0 bridgehead atoms. The van der Waals surface area contributed by atoms with Gasteiger partial charge in [0, 0.05) is 49.6 Å². The van der Waals surface area contributed by atoms with Gasteiger partial charge in [-0.3, -0.25) is 0 Å². The van der Waals surface area contributed by atoms with Crippen LogP contribution >= 0.6 is 0 Å². The van der Waals surface area contributed by atoms with Gasteiger partial charge in [0.05, 0.1) is 33.7 Å². The van der Waals surface area contributed by atoms with Crippen LogP contribution in [0, 0.1) is 11.3 Å². The molecule has 0 aliphatic rings. The van der Waals surface area contributed by atoms with Crippen LogP contribution in [-0.4, -0.2) is 24.1 Å². The van der Waals surface area contributed by atoms with E-state index in [9.17, 15) is 5.26 Å². The van der Waals surface area contributed by atoms with Gasteiger partial charge >= 0.3 is 0 Å². The molecular formula is C74H68N6. The standard InChI is InChI=1S/C74H68N6/c1-71(2,3)51-27-35-64-60(40-51)61-41-52(72(4,5)6)28-36-65(61)79(64)55-31-23-46(24-32-55)57-39-50(45-75)59(70-77-68(48-19-15-13-16-20-48)76-69(78-70)49-21-17-14-18-22-49)44-58(57)47-25-33-56(34-26-47)80-66-37-29-53(73(7,8)9)42-62(66)63-43-54(74(10,11)12)30-38-67(63)80/h13-44H,1-12H3. The molecule has 394 valence electrons. The Labute approximate surface area is 471 Å². The minimum Gasteiger partial charge on any atom is -0.309 e. The first-order valence-electron chi connectivity index (χ1n) is 28.0. The molecule has 3 heterocycles. The summed E-state index contributed by atoms with van der Waals surface area (Å²) in [5, 5.41) is 16.2. The maximum atomic E-state index is 11.2. The van der Waals surface area contributed by atoms with E-state index in [2.05, 4.69) is 226 Å². The van der Waals surface area contributed by atoms with E-state index in [0.29, 0.717) is 28.6 Å². The molecule has 9 aromatic carbocycles. The average molecular weight is 1040 g/mol. The van der Waals surface area contributed by atoms with Gasteiger partial charge in [-0.2, -0.15) is 5.26 Å². The predicted octanol–water partition coefficient (Wildman–Crippen LogP) is 19.5. The molecule has 0 atom stereocenters. The van der Waals surface area contributed by atoms with E-state index in [1.807, 2.05) is 66.7 Å². The van der Waals surface area contributed by atoms with E-state index in [4.69, 9.17) is 15.0 Å². The molecule has 0 spiro atoms. The first kappa shape index (κ1) is 51.8. The molecule has 0 saturated heterocycles. The third-order valence-electron chi connectivity index (χ3n) is 16.1. The lowest BCUT2D eigenvalue weighted by Gasteiger charge is -2.19.